The van der Waals surface area contributed by atoms with Crippen LogP contribution in [0.4, 0.5) is 4.39 Å². The van der Waals surface area contributed by atoms with E-state index in [2.05, 4.69) is 4.98 Å². The van der Waals surface area contributed by atoms with E-state index in [1.54, 1.807) is 6.20 Å². The fourth-order valence-electron chi connectivity index (χ4n) is 1.67. The van der Waals surface area contributed by atoms with E-state index in [9.17, 15) is 9.18 Å². The largest absolute Gasteiger partial charge is 0.294 e. The first-order chi connectivity index (χ1) is 8.58. The van der Waals surface area contributed by atoms with Gasteiger partial charge in [-0.25, -0.2) is 4.39 Å². The lowest BCUT2D eigenvalue weighted by Crippen LogP contribution is -2.07. The van der Waals surface area contributed by atoms with E-state index in [0.717, 1.165) is 11.6 Å². The second kappa shape index (κ2) is 5.27. The lowest BCUT2D eigenvalue weighted by atomic mass is 10.0. The van der Waals surface area contributed by atoms with Gasteiger partial charge in [0, 0.05) is 11.8 Å². The number of hydrogen-bond donors (Lipinski definition) is 0. The first-order valence-electron chi connectivity index (χ1n) is 5.46. The molecule has 0 spiro atoms. The van der Waals surface area contributed by atoms with Gasteiger partial charge in [0.1, 0.15) is 5.82 Å². The minimum absolute atomic E-state index is 0.133. The molecule has 0 aliphatic rings. The zero-order valence-corrected chi connectivity index (χ0v) is 10.5. The van der Waals surface area contributed by atoms with Crippen LogP contribution >= 0.6 is 11.6 Å². The first-order valence-corrected chi connectivity index (χ1v) is 5.84. The Labute approximate surface area is 109 Å². The zero-order chi connectivity index (χ0) is 13.1. The predicted molar refractivity (Wildman–Crippen MR) is 68.4 cm³/mol. The highest BCUT2D eigenvalue weighted by Gasteiger charge is 2.13. The standard InChI is InChI=1S/C14H11ClFNO/c1-9-3-2-6-17-13(9)8-14(18)11-5-4-10(16)7-12(11)15/h2-7H,8H2,1H3. The quantitative estimate of drug-likeness (QED) is 0.792. The fraction of sp³-hybridized carbons (Fsp3) is 0.143. The van der Waals surface area contributed by atoms with Gasteiger partial charge >= 0.3 is 0 Å². The fourth-order valence-corrected chi connectivity index (χ4v) is 1.94. The van der Waals surface area contributed by atoms with Crippen LogP contribution in [0.1, 0.15) is 21.6 Å². The SMILES string of the molecule is Cc1cccnc1CC(=O)c1ccc(F)cc1Cl. The van der Waals surface area contributed by atoms with Crippen LogP contribution in [0.3, 0.4) is 0 Å². The Morgan fingerprint density at radius 2 is 2.17 bits per heavy atom. The van der Waals surface area contributed by atoms with Gasteiger partial charge in [-0.1, -0.05) is 17.7 Å². The van der Waals surface area contributed by atoms with Gasteiger partial charge < -0.3 is 0 Å². The van der Waals surface area contributed by atoms with E-state index >= 15 is 0 Å². The molecule has 92 valence electrons. The summed E-state index contributed by atoms with van der Waals surface area (Å²) in [7, 11) is 0. The van der Waals surface area contributed by atoms with E-state index in [1.807, 2.05) is 19.1 Å². The molecule has 0 saturated carbocycles. The summed E-state index contributed by atoms with van der Waals surface area (Å²) < 4.78 is 12.9. The minimum Gasteiger partial charge on any atom is -0.294 e. The Hall–Kier alpha value is -1.74. The van der Waals surface area contributed by atoms with Crippen molar-refractivity contribution in [3.05, 3.63) is 64.2 Å². The topological polar surface area (TPSA) is 30.0 Å². The summed E-state index contributed by atoms with van der Waals surface area (Å²) in [5, 5.41) is 0.133. The van der Waals surface area contributed by atoms with Crippen LogP contribution in [-0.2, 0) is 6.42 Å². The Bertz CT molecular complexity index is 598. The van der Waals surface area contributed by atoms with E-state index in [4.69, 9.17) is 11.6 Å². The molecule has 0 aliphatic heterocycles. The van der Waals surface area contributed by atoms with Gasteiger partial charge in [-0.05, 0) is 36.8 Å². The van der Waals surface area contributed by atoms with Crippen LogP contribution in [0.2, 0.25) is 5.02 Å². The van der Waals surface area contributed by atoms with Gasteiger partial charge in [0.2, 0.25) is 0 Å². The van der Waals surface area contributed by atoms with Crippen molar-refractivity contribution in [2.24, 2.45) is 0 Å². The van der Waals surface area contributed by atoms with Gasteiger partial charge in [0.25, 0.3) is 0 Å². The van der Waals surface area contributed by atoms with Crippen LogP contribution in [0.25, 0.3) is 0 Å². The van der Waals surface area contributed by atoms with Crippen molar-refractivity contribution in [3.8, 4) is 0 Å². The molecule has 0 atom stereocenters. The monoisotopic (exact) mass is 263 g/mol. The number of hydrogen-bond acceptors (Lipinski definition) is 2. The number of ketones is 1. The maximum atomic E-state index is 12.9. The molecule has 0 fully saturated rings. The molecule has 2 rings (SSSR count). The summed E-state index contributed by atoms with van der Waals surface area (Å²) in [6.45, 7) is 1.89. The molecule has 1 aromatic carbocycles. The minimum atomic E-state index is -0.453. The third-order valence-electron chi connectivity index (χ3n) is 2.68. The highest BCUT2D eigenvalue weighted by molar-refractivity contribution is 6.34. The average molecular weight is 264 g/mol. The Morgan fingerprint density at radius 3 is 2.83 bits per heavy atom. The predicted octanol–water partition coefficient (Wildman–Crippen LogP) is 3.61. The smallest absolute Gasteiger partial charge is 0.170 e. The lowest BCUT2D eigenvalue weighted by molar-refractivity contribution is 0.0992. The van der Waals surface area contributed by atoms with Gasteiger partial charge in [-0.2, -0.15) is 0 Å². The molecular weight excluding hydrogens is 253 g/mol. The van der Waals surface area contributed by atoms with Crippen LogP contribution in [0.15, 0.2) is 36.5 Å². The second-order valence-corrected chi connectivity index (χ2v) is 4.40. The lowest BCUT2D eigenvalue weighted by Gasteiger charge is -2.05. The van der Waals surface area contributed by atoms with Crippen molar-refractivity contribution in [1.82, 2.24) is 4.98 Å². The van der Waals surface area contributed by atoms with Crippen molar-refractivity contribution in [3.63, 3.8) is 0 Å². The molecule has 0 unspecified atom stereocenters. The Morgan fingerprint density at radius 1 is 1.39 bits per heavy atom. The molecule has 2 nitrogen and oxygen atoms in total. The number of carbonyl (C=O) groups excluding carboxylic acids is 1. The summed E-state index contributed by atoms with van der Waals surface area (Å²) in [5.74, 6) is -0.618. The van der Waals surface area contributed by atoms with Crippen molar-refractivity contribution in [2.45, 2.75) is 13.3 Å². The number of nitrogens with zero attached hydrogens (tertiary/aromatic N) is 1. The van der Waals surface area contributed by atoms with Crippen LogP contribution in [-0.4, -0.2) is 10.8 Å². The highest BCUT2D eigenvalue weighted by Crippen LogP contribution is 2.19. The normalized spacial score (nSPS) is 10.4. The summed E-state index contributed by atoms with van der Waals surface area (Å²) in [6, 6.07) is 7.47. The Balaban J connectivity index is 2.25. The highest BCUT2D eigenvalue weighted by atomic mass is 35.5. The molecule has 4 heteroatoms. The molecule has 0 saturated heterocycles. The average Bonchev–Trinajstić information content (AvgIpc) is 2.32. The summed E-state index contributed by atoms with van der Waals surface area (Å²) in [5.41, 5.74) is 1.98. The van der Waals surface area contributed by atoms with Gasteiger partial charge in [-0.15, -0.1) is 0 Å². The summed E-state index contributed by atoms with van der Waals surface area (Å²) in [6.07, 6.45) is 1.81. The molecule has 1 heterocycles. The molecule has 18 heavy (non-hydrogen) atoms. The van der Waals surface area contributed by atoms with Crippen molar-refractivity contribution < 1.29 is 9.18 Å². The third kappa shape index (κ3) is 2.74. The van der Waals surface area contributed by atoms with E-state index in [-0.39, 0.29) is 17.2 Å². The van der Waals surface area contributed by atoms with Crippen molar-refractivity contribution in [1.29, 1.82) is 0 Å². The van der Waals surface area contributed by atoms with Crippen LogP contribution < -0.4 is 0 Å². The molecule has 1 aromatic heterocycles. The van der Waals surface area contributed by atoms with Crippen LogP contribution in [0, 0.1) is 12.7 Å². The number of rotatable bonds is 3. The Kier molecular flexibility index (Phi) is 3.72. The molecule has 0 N–H and O–H groups in total. The maximum Gasteiger partial charge on any atom is 0.170 e. The molecule has 0 aliphatic carbocycles. The molecule has 0 amide bonds. The first kappa shape index (κ1) is 12.7. The number of aryl methyl sites for hydroxylation is 1. The van der Waals surface area contributed by atoms with Gasteiger partial charge in [0.15, 0.2) is 5.78 Å². The number of Topliss-reactive ketones (excluding diaryl/α,β-unsaturated/α-hetero) is 1. The summed E-state index contributed by atoms with van der Waals surface area (Å²) >= 11 is 5.85. The van der Waals surface area contributed by atoms with Gasteiger partial charge in [0.05, 0.1) is 17.1 Å². The van der Waals surface area contributed by atoms with Crippen LogP contribution in [0.5, 0.6) is 0 Å². The van der Waals surface area contributed by atoms with E-state index < -0.39 is 5.82 Å². The van der Waals surface area contributed by atoms with Crippen molar-refractivity contribution in [2.75, 3.05) is 0 Å². The molecule has 2 aromatic rings. The van der Waals surface area contributed by atoms with Crippen molar-refractivity contribution >= 4 is 17.4 Å². The second-order valence-electron chi connectivity index (χ2n) is 3.99. The molecular formula is C14H11ClFNO. The maximum absolute atomic E-state index is 12.9. The third-order valence-corrected chi connectivity index (χ3v) is 2.99. The number of carbonyl (C=O) groups is 1. The molecule has 0 radical (unpaired) electrons. The van der Waals surface area contributed by atoms with Gasteiger partial charge in [-0.3, -0.25) is 9.78 Å². The number of pyridine rings is 1. The number of aromatic nitrogens is 1. The summed E-state index contributed by atoms with van der Waals surface area (Å²) in [4.78, 5) is 16.2. The number of benzene rings is 1. The van der Waals surface area contributed by atoms with E-state index in [1.165, 1.54) is 12.1 Å². The zero-order valence-electron chi connectivity index (χ0n) is 9.78. The number of halogens is 2. The van der Waals surface area contributed by atoms with E-state index in [0.29, 0.717) is 11.3 Å². The molecule has 0 bridgehead atoms.